The third-order valence-corrected chi connectivity index (χ3v) is 5.71. The molecule has 3 aromatic rings. The third kappa shape index (κ3) is 6.32. The summed E-state index contributed by atoms with van der Waals surface area (Å²) in [6.07, 6.45) is 0. The summed E-state index contributed by atoms with van der Waals surface area (Å²) in [5, 5.41) is 5.17. The van der Waals surface area contributed by atoms with Crippen molar-refractivity contribution >= 4 is 33.2 Å². The number of carbonyl (C=O) groups excluding carboxylic acids is 2. The summed E-state index contributed by atoms with van der Waals surface area (Å²) in [4.78, 5) is 24.2. The molecular formula is C23H23N3O5S. The zero-order chi connectivity index (χ0) is 23.0. The summed E-state index contributed by atoms with van der Waals surface area (Å²) >= 11 is 0. The molecular weight excluding hydrogens is 430 g/mol. The van der Waals surface area contributed by atoms with Gasteiger partial charge in [0, 0.05) is 16.9 Å². The smallest absolute Gasteiger partial charge is 0.261 e. The summed E-state index contributed by atoms with van der Waals surface area (Å²) in [7, 11) is -3.83. The van der Waals surface area contributed by atoms with Gasteiger partial charge in [-0.15, -0.1) is 0 Å². The third-order valence-electron chi connectivity index (χ3n) is 4.31. The highest BCUT2D eigenvalue weighted by Gasteiger charge is 2.16. The summed E-state index contributed by atoms with van der Waals surface area (Å²) in [6.45, 7) is 2.16. The highest BCUT2D eigenvalue weighted by molar-refractivity contribution is 7.92. The van der Waals surface area contributed by atoms with Gasteiger partial charge in [0.2, 0.25) is 5.91 Å². The van der Waals surface area contributed by atoms with E-state index in [1.807, 2.05) is 13.0 Å². The molecule has 0 heterocycles. The summed E-state index contributed by atoms with van der Waals surface area (Å²) < 4.78 is 33.0. The van der Waals surface area contributed by atoms with Gasteiger partial charge in [-0.2, -0.15) is 0 Å². The number of carbonyl (C=O) groups is 2. The number of nitrogens with one attached hydrogen (secondary N) is 3. The van der Waals surface area contributed by atoms with Crippen molar-refractivity contribution in [2.24, 2.45) is 0 Å². The van der Waals surface area contributed by atoms with Gasteiger partial charge >= 0.3 is 0 Å². The average Bonchev–Trinajstić information content (AvgIpc) is 2.79. The Morgan fingerprint density at radius 3 is 2.12 bits per heavy atom. The molecule has 8 nitrogen and oxygen atoms in total. The molecule has 0 spiro atoms. The number of benzene rings is 3. The van der Waals surface area contributed by atoms with Crippen LogP contribution in [0.1, 0.15) is 17.3 Å². The molecule has 3 aromatic carbocycles. The second-order valence-electron chi connectivity index (χ2n) is 6.68. The van der Waals surface area contributed by atoms with Crippen molar-refractivity contribution in [2.75, 3.05) is 23.2 Å². The van der Waals surface area contributed by atoms with Crippen LogP contribution >= 0.6 is 0 Å². The van der Waals surface area contributed by atoms with Crippen LogP contribution in [0.3, 0.4) is 0 Å². The van der Waals surface area contributed by atoms with E-state index in [2.05, 4.69) is 15.4 Å². The molecule has 0 fully saturated rings. The standard InChI is InChI=1S/C23H23N3O5S/c1-2-31-20-12-10-19(11-13-20)26-32(29,30)21-14-8-17(9-15-21)23(28)24-16-22(27)25-18-6-4-3-5-7-18/h3-15,26H,2,16H2,1H3,(H,24,28)(H,25,27). The topological polar surface area (TPSA) is 114 Å². The van der Waals surface area contributed by atoms with Crippen molar-refractivity contribution in [1.82, 2.24) is 5.32 Å². The van der Waals surface area contributed by atoms with E-state index < -0.39 is 15.9 Å². The largest absolute Gasteiger partial charge is 0.494 e. The summed E-state index contributed by atoms with van der Waals surface area (Å²) in [6, 6.07) is 20.8. The molecule has 0 saturated carbocycles. The number of sulfonamides is 1. The molecule has 0 unspecified atom stereocenters. The SMILES string of the molecule is CCOc1ccc(NS(=O)(=O)c2ccc(C(=O)NCC(=O)Nc3ccccc3)cc2)cc1. The van der Waals surface area contributed by atoms with Gasteiger partial charge in [0.15, 0.2) is 0 Å². The van der Waals surface area contributed by atoms with Crippen molar-refractivity contribution in [3.05, 3.63) is 84.4 Å². The van der Waals surface area contributed by atoms with Crippen LogP contribution in [0.4, 0.5) is 11.4 Å². The van der Waals surface area contributed by atoms with Crippen molar-refractivity contribution < 1.29 is 22.7 Å². The maximum Gasteiger partial charge on any atom is 0.261 e. The van der Waals surface area contributed by atoms with E-state index >= 15 is 0 Å². The first-order valence-corrected chi connectivity index (χ1v) is 11.3. The quantitative estimate of drug-likeness (QED) is 0.460. The Hall–Kier alpha value is -3.85. The average molecular weight is 454 g/mol. The highest BCUT2D eigenvalue weighted by Crippen LogP contribution is 2.20. The molecule has 0 saturated heterocycles. The van der Waals surface area contributed by atoms with Crippen molar-refractivity contribution in [1.29, 1.82) is 0 Å². The number of rotatable bonds is 9. The molecule has 0 aliphatic carbocycles. The Labute approximate surface area is 186 Å². The first-order chi connectivity index (χ1) is 15.4. The Morgan fingerprint density at radius 2 is 1.50 bits per heavy atom. The minimum Gasteiger partial charge on any atom is -0.494 e. The Balaban J connectivity index is 1.57. The molecule has 3 N–H and O–H groups in total. The fourth-order valence-electron chi connectivity index (χ4n) is 2.77. The molecule has 0 aliphatic heterocycles. The molecule has 3 rings (SSSR count). The van der Waals surface area contributed by atoms with Crippen molar-refractivity contribution in [3.8, 4) is 5.75 Å². The molecule has 0 aliphatic rings. The number of hydrogen-bond acceptors (Lipinski definition) is 5. The second kappa shape index (κ2) is 10.5. The van der Waals surface area contributed by atoms with Gasteiger partial charge < -0.3 is 15.4 Å². The second-order valence-corrected chi connectivity index (χ2v) is 8.37. The van der Waals surface area contributed by atoms with Crippen molar-refractivity contribution in [3.63, 3.8) is 0 Å². The van der Waals surface area contributed by atoms with Crippen LogP contribution < -0.4 is 20.1 Å². The Bertz CT molecular complexity index is 1160. The fourth-order valence-corrected chi connectivity index (χ4v) is 3.83. The maximum absolute atomic E-state index is 12.6. The lowest BCUT2D eigenvalue weighted by Crippen LogP contribution is -2.32. The van der Waals surface area contributed by atoms with Gasteiger partial charge in [-0.3, -0.25) is 14.3 Å². The Morgan fingerprint density at radius 1 is 0.844 bits per heavy atom. The molecule has 0 atom stereocenters. The first-order valence-electron chi connectivity index (χ1n) is 9.86. The zero-order valence-electron chi connectivity index (χ0n) is 17.4. The van der Waals surface area contributed by atoms with Crippen LogP contribution in [-0.4, -0.2) is 33.4 Å². The lowest BCUT2D eigenvalue weighted by atomic mass is 10.2. The molecule has 166 valence electrons. The van der Waals surface area contributed by atoms with Crippen molar-refractivity contribution in [2.45, 2.75) is 11.8 Å². The first kappa shape index (κ1) is 22.8. The minimum atomic E-state index is -3.83. The fraction of sp³-hybridized carbons (Fsp3) is 0.130. The van der Waals surface area contributed by atoms with Gasteiger partial charge in [0.1, 0.15) is 5.75 Å². The monoisotopic (exact) mass is 453 g/mol. The molecule has 32 heavy (non-hydrogen) atoms. The van der Waals surface area contributed by atoms with Gasteiger partial charge in [0.25, 0.3) is 15.9 Å². The predicted octanol–water partition coefficient (Wildman–Crippen LogP) is 3.25. The number of hydrogen-bond donors (Lipinski definition) is 3. The maximum atomic E-state index is 12.6. The van der Waals surface area contributed by atoms with E-state index in [9.17, 15) is 18.0 Å². The van der Waals surface area contributed by atoms with Crippen LogP contribution in [0.15, 0.2) is 83.8 Å². The minimum absolute atomic E-state index is 0.00440. The summed E-state index contributed by atoms with van der Waals surface area (Å²) in [5.41, 5.74) is 1.25. The van der Waals surface area contributed by atoms with Crippen LogP contribution in [0.2, 0.25) is 0 Å². The van der Waals surface area contributed by atoms with E-state index in [1.54, 1.807) is 48.5 Å². The van der Waals surface area contributed by atoms with Gasteiger partial charge in [-0.25, -0.2) is 8.42 Å². The van der Waals surface area contributed by atoms with E-state index in [1.165, 1.54) is 24.3 Å². The van der Waals surface area contributed by atoms with E-state index in [0.717, 1.165) is 0 Å². The summed E-state index contributed by atoms with van der Waals surface area (Å²) in [5.74, 6) is -0.219. The highest BCUT2D eigenvalue weighted by atomic mass is 32.2. The molecule has 0 bridgehead atoms. The van der Waals surface area contributed by atoms with Crippen LogP contribution in [0, 0.1) is 0 Å². The Kier molecular flexibility index (Phi) is 7.45. The predicted molar refractivity (Wildman–Crippen MR) is 122 cm³/mol. The van der Waals surface area contributed by atoms with Crippen LogP contribution in [0.25, 0.3) is 0 Å². The van der Waals surface area contributed by atoms with E-state index in [-0.39, 0.29) is 22.9 Å². The van der Waals surface area contributed by atoms with Gasteiger partial charge in [-0.05, 0) is 67.6 Å². The number of ether oxygens (including phenoxy) is 1. The zero-order valence-corrected chi connectivity index (χ0v) is 18.2. The lowest BCUT2D eigenvalue weighted by molar-refractivity contribution is -0.115. The van der Waals surface area contributed by atoms with E-state index in [4.69, 9.17) is 4.74 Å². The molecule has 2 amide bonds. The van der Waals surface area contributed by atoms with Gasteiger partial charge in [0.05, 0.1) is 18.0 Å². The molecule has 9 heteroatoms. The number of amides is 2. The lowest BCUT2D eigenvalue weighted by Gasteiger charge is -2.10. The van der Waals surface area contributed by atoms with Crippen LogP contribution in [0.5, 0.6) is 5.75 Å². The van der Waals surface area contributed by atoms with Gasteiger partial charge in [-0.1, -0.05) is 18.2 Å². The normalized spacial score (nSPS) is 10.8. The number of anilines is 2. The molecule has 0 radical (unpaired) electrons. The van der Waals surface area contributed by atoms with Crippen LogP contribution in [-0.2, 0) is 14.8 Å². The van der Waals surface area contributed by atoms with E-state index in [0.29, 0.717) is 23.7 Å². The molecule has 0 aromatic heterocycles. The number of para-hydroxylation sites is 1.